The fourth-order valence-corrected chi connectivity index (χ4v) is 4.35. The number of thiocarbonyl (C=S) groups is 1. The normalized spacial score (nSPS) is 20.8. The van der Waals surface area contributed by atoms with Crippen LogP contribution in [-0.4, -0.2) is 26.1 Å². The predicted octanol–water partition coefficient (Wildman–Crippen LogP) is 4.07. The summed E-state index contributed by atoms with van der Waals surface area (Å²) in [6.45, 7) is 11.9. The predicted molar refractivity (Wildman–Crippen MR) is 102 cm³/mol. The van der Waals surface area contributed by atoms with Crippen LogP contribution >= 0.6 is 12.2 Å². The molecular formula is C19H26N4S. The molecule has 1 aliphatic heterocycles. The molecule has 0 spiro atoms. The van der Waals surface area contributed by atoms with Gasteiger partial charge in [0.15, 0.2) is 5.11 Å². The highest BCUT2D eigenvalue weighted by Gasteiger charge is 2.40. The maximum absolute atomic E-state index is 5.61. The zero-order chi connectivity index (χ0) is 17.4. The number of hydrogen-bond donors (Lipinski definition) is 1. The van der Waals surface area contributed by atoms with Crippen molar-refractivity contribution in [2.24, 2.45) is 0 Å². The lowest BCUT2D eigenvalue weighted by molar-refractivity contribution is 0.329. The molecule has 1 fully saturated rings. The molecule has 1 saturated heterocycles. The number of rotatable bonds is 4. The van der Waals surface area contributed by atoms with Gasteiger partial charge in [-0.15, -0.1) is 0 Å². The van der Waals surface area contributed by atoms with Crippen molar-refractivity contribution in [1.82, 2.24) is 19.8 Å². The zero-order valence-corrected chi connectivity index (χ0v) is 15.9. The van der Waals surface area contributed by atoms with Crippen LogP contribution in [0.4, 0.5) is 0 Å². The summed E-state index contributed by atoms with van der Waals surface area (Å²) in [5.41, 5.74) is 4.99. The Morgan fingerprint density at radius 1 is 1.29 bits per heavy atom. The van der Waals surface area contributed by atoms with Crippen LogP contribution in [0.5, 0.6) is 0 Å². The Hall–Kier alpha value is -1.88. The van der Waals surface area contributed by atoms with Crippen molar-refractivity contribution in [2.45, 2.75) is 52.7 Å². The monoisotopic (exact) mass is 342 g/mol. The van der Waals surface area contributed by atoms with Crippen LogP contribution in [0.3, 0.4) is 0 Å². The molecule has 2 unspecified atom stereocenters. The first kappa shape index (κ1) is 17.0. The van der Waals surface area contributed by atoms with Crippen LogP contribution in [0.15, 0.2) is 30.5 Å². The van der Waals surface area contributed by atoms with E-state index in [2.05, 4.69) is 66.5 Å². The summed E-state index contributed by atoms with van der Waals surface area (Å²) >= 11 is 5.61. The number of aryl methyl sites for hydroxylation is 1. The van der Waals surface area contributed by atoms with Crippen LogP contribution in [0.2, 0.25) is 0 Å². The van der Waals surface area contributed by atoms with E-state index in [-0.39, 0.29) is 12.1 Å². The molecular weight excluding hydrogens is 316 g/mol. The molecule has 1 N–H and O–H groups in total. The molecule has 0 aromatic carbocycles. The van der Waals surface area contributed by atoms with Gasteiger partial charge in [0.25, 0.3) is 0 Å². The van der Waals surface area contributed by atoms with Gasteiger partial charge in [-0.2, -0.15) is 0 Å². The molecule has 128 valence electrons. The van der Waals surface area contributed by atoms with Crippen molar-refractivity contribution >= 4 is 17.3 Å². The van der Waals surface area contributed by atoms with Gasteiger partial charge in [0.05, 0.1) is 17.8 Å². The third kappa shape index (κ3) is 2.71. The molecule has 1 aliphatic rings. The van der Waals surface area contributed by atoms with Crippen LogP contribution in [0.25, 0.3) is 0 Å². The quantitative estimate of drug-likeness (QED) is 0.849. The fourth-order valence-electron chi connectivity index (χ4n) is 3.98. The van der Waals surface area contributed by atoms with E-state index in [1.54, 1.807) is 0 Å². The molecule has 0 aliphatic carbocycles. The zero-order valence-electron chi connectivity index (χ0n) is 15.1. The molecule has 2 atom stereocenters. The van der Waals surface area contributed by atoms with Crippen LogP contribution in [-0.2, 0) is 0 Å². The maximum atomic E-state index is 5.61. The van der Waals surface area contributed by atoms with E-state index >= 15 is 0 Å². The van der Waals surface area contributed by atoms with Gasteiger partial charge >= 0.3 is 0 Å². The molecule has 3 heterocycles. The van der Waals surface area contributed by atoms with Gasteiger partial charge in [-0.3, -0.25) is 4.98 Å². The van der Waals surface area contributed by atoms with E-state index < -0.39 is 0 Å². The van der Waals surface area contributed by atoms with E-state index in [1.165, 1.54) is 17.0 Å². The lowest BCUT2D eigenvalue weighted by Crippen LogP contribution is -2.29. The van der Waals surface area contributed by atoms with Gasteiger partial charge in [0.2, 0.25) is 0 Å². The molecule has 24 heavy (non-hydrogen) atoms. The Morgan fingerprint density at radius 3 is 2.58 bits per heavy atom. The largest absolute Gasteiger partial charge is 0.352 e. The summed E-state index contributed by atoms with van der Waals surface area (Å²) < 4.78 is 2.40. The molecule has 4 nitrogen and oxygen atoms in total. The SMILES string of the molecule is CCN1C(=S)NC(c2ccccn2)C1c1cc(C)n(C(C)C)c1C. The third-order valence-electron chi connectivity index (χ3n) is 4.90. The highest BCUT2D eigenvalue weighted by Crippen LogP contribution is 2.41. The van der Waals surface area contributed by atoms with Gasteiger partial charge in [-0.25, -0.2) is 0 Å². The minimum absolute atomic E-state index is 0.0831. The second-order valence-electron chi connectivity index (χ2n) is 6.70. The van der Waals surface area contributed by atoms with E-state index in [0.29, 0.717) is 6.04 Å². The molecule has 0 amide bonds. The summed E-state index contributed by atoms with van der Waals surface area (Å²) in [4.78, 5) is 6.86. The number of likely N-dealkylation sites (N-methyl/N-ethyl adjacent to an activating group) is 1. The van der Waals surface area contributed by atoms with Crippen molar-refractivity contribution in [1.29, 1.82) is 0 Å². The first-order chi connectivity index (χ1) is 11.5. The molecule has 0 bridgehead atoms. The van der Waals surface area contributed by atoms with Crippen LogP contribution in [0.1, 0.15) is 61.5 Å². The summed E-state index contributed by atoms with van der Waals surface area (Å²) in [6.07, 6.45) is 1.85. The van der Waals surface area contributed by atoms with Gasteiger partial charge in [0.1, 0.15) is 0 Å². The van der Waals surface area contributed by atoms with Gasteiger partial charge < -0.3 is 14.8 Å². The summed E-state index contributed by atoms with van der Waals surface area (Å²) in [5.74, 6) is 0. The van der Waals surface area contributed by atoms with E-state index in [9.17, 15) is 0 Å². The first-order valence-electron chi connectivity index (χ1n) is 8.62. The molecule has 0 saturated carbocycles. The molecule has 2 aromatic rings. The summed E-state index contributed by atoms with van der Waals surface area (Å²) in [7, 11) is 0. The smallest absolute Gasteiger partial charge is 0.170 e. The number of hydrogen-bond acceptors (Lipinski definition) is 2. The van der Waals surface area contributed by atoms with Crippen molar-refractivity contribution in [3.05, 3.63) is 53.1 Å². The van der Waals surface area contributed by atoms with Crippen LogP contribution < -0.4 is 5.32 Å². The molecule has 0 radical (unpaired) electrons. The average molecular weight is 343 g/mol. The highest BCUT2D eigenvalue weighted by atomic mass is 32.1. The van der Waals surface area contributed by atoms with Gasteiger partial charge in [0, 0.05) is 30.2 Å². The van der Waals surface area contributed by atoms with Gasteiger partial charge in [-0.05, 0) is 70.6 Å². The van der Waals surface area contributed by atoms with Crippen LogP contribution in [0, 0.1) is 13.8 Å². The Bertz CT molecular complexity index is 735. The Labute approximate surface area is 149 Å². The minimum atomic E-state index is 0.0831. The summed E-state index contributed by atoms with van der Waals surface area (Å²) in [6, 6.07) is 9.09. The average Bonchev–Trinajstić information content (AvgIpc) is 3.04. The Morgan fingerprint density at radius 2 is 2.04 bits per heavy atom. The van der Waals surface area contributed by atoms with E-state index in [4.69, 9.17) is 12.2 Å². The standard InChI is InChI=1S/C19H26N4S/c1-6-22-18(15-11-13(4)23(12(2)3)14(15)5)17(21-19(22)24)16-9-7-8-10-20-16/h7-12,17-18H,6H2,1-5H3,(H,21,24). The Balaban J connectivity index is 2.11. The van der Waals surface area contributed by atoms with E-state index in [1.807, 2.05) is 18.3 Å². The first-order valence-corrected chi connectivity index (χ1v) is 9.02. The molecule has 2 aromatic heterocycles. The Kier molecular flexibility index (Phi) is 4.63. The summed E-state index contributed by atoms with van der Waals surface area (Å²) in [5, 5.41) is 4.30. The number of nitrogens with zero attached hydrogens (tertiary/aromatic N) is 3. The highest BCUT2D eigenvalue weighted by molar-refractivity contribution is 7.80. The van der Waals surface area contributed by atoms with Gasteiger partial charge in [-0.1, -0.05) is 6.07 Å². The fraction of sp³-hybridized carbons (Fsp3) is 0.474. The lowest BCUT2D eigenvalue weighted by atomic mass is 9.97. The van der Waals surface area contributed by atoms with Crippen molar-refractivity contribution < 1.29 is 0 Å². The molecule has 3 rings (SSSR count). The minimum Gasteiger partial charge on any atom is -0.352 e. The maximum Gasteiger partial charge on any atom is 0.170 e. The molecule has 5 heteroatoms. The number of nitrogens with one attached hydrogen (secondary N) is 1. The number of pyridine rings is 1. The second kappa shape index (κ2) is 6.55. The van der Waals surface area contributed by atoms with Crippen molar-refractivity contribution in [3.63, 3.8) is 0 Å². The second-order valence-corrected chi connectivity index (χ2v) is 7.09. The van der Waals surface area contributed by atoms with E-state index in [0.717, 1.165) is 17.4 Å². The van der Waals surface area contributed by atoms with Crippen molar-refractivity contribution in [2.75, 3.05) is 6.54 Å². The third-order valence-corrected chi connectivity index (χ3v) is 5.25. The number of aromatic nitrogens is 2. The topological polar surface area (TPSA) is 33.1 Å². The lowest BCUT2D eigenvalue weighted by Gasteiger charge is -2.27. The van der Waals surface area contributed by atoms with Crippen molar-refractivity contribution in [3.8, 4) is 0 Å².